The number of nitro groups is 1. The van der Waals surface area contributed by atoms with Crippen LogP contribution in [0.3, 0.4) is 0 Å². The molecule has 3 N–H and O–H groups in total. The molecule has 0 unspecified atom stereocenters. The van der Waals surface area contributed by atoms with E-state index in [0.717, 1.165) is 16.4 Å². The first kappa shape index (κ1) is 17.3. The summed E-state index contributed by atoms with van der Waals surface area (Å²) in [6.45, 7) is -0.526. The first-order valence-electron chi connectivity index (χ1n) is 5.98. The molecule has 0 aromatic heterocycles. The van der Waals surface area contributed by atoms with Crippen molar-refractivity contribution in [3.63, 3.8) is 0 Å². The summed E-state index contributed by atoms with van der Waals surface area (Å²) in [6, 6.07) is 3.34. The van der Waals surface area contributed by atoms with Gasteiger partial charge in [0.05, 0.1) is 18.1 Å². The SMILES string of the molecule is COCCN(CCO)S(=O)(=O)c1ccc(N)cc1[N+](=O)[O-]. The highest BCUT2D eigenvalue weighted by Crippen LogP contribution is 2.28. The number of aliphatic hydroxyl groups is 1. The van der Waals surface area contributed by atoms with Crippen molar-refractivity contribution in [1.29, 1.82) is 0 Å². The minimum atomic E-state index is -4.13. The van der Waals surface area contributed by atoms with Gasteiger partial charge in [-0.15, -0.1) is 0 Å². The van der Waals surface area contributed by atoms with Gasteiger partial charge in [-0.1, -0.05) is 0 Å². The third kappa shape index (κ3) is 4.11. The maximum Gasteiger partial charge on any atom is 0.291 e. The van der Waals surface area contributed by atoms with E-state index in [4.69, 9.17) is 15.6 Å². The van der Waals surface area contributed by atoms with E-state index in [0.29, 0.717) is 0 Å². The van der Waals surface area contributed by atoms with Crippen LogP contribution in [0, 0.1) is 10.1 Å². The molecule has 0 radical (unpaired) electrons. The summed E-state index contributed by atoms with van der Waals surface area (Å²) in [4.78, 5) is 9.73. The molecule has 0 aliphatic carbocycles. The Morgan fingerprint density at radius 3 is 2.62 bits per heavy atom. The Morgan fingerprint density at radius 1 is 1.43 bits per heavy atom. The number of sulfonamides is 1. The van der Waals surface area contributed by atoms with Crippen LogP contribution < -0.4 is 5.73 Å². The van der Waals surface area contributed by atoms with Gasteiger partial charge >= 0.3 is 0 Å². The Morgan fingerprint density at radius 2 is 2.10 bits per heavy atom. The lowest BCUT2D eigenvalue weighted by Gasteiger charge is -2.20. The van der Waals surface area contributed by atoms with Crippen LogP contribution in [0.15, 0.2) is 23.1 Å². The van der Waals surface area contributed by atoms with Crippen LogP contribution in [0.2, 0.25) is 0 Å². The molecule has 0 aliphatic heterocycles. The smallest absolute Gasteiger partial charge is 0.291 e. The number of nitrogens with two attached hydrogens (primary N) is 1. The predicted octanol–water partition coefficient (Wildman–Crippen LogP) is -0.194. The molecule has 21 heavy (non-hydrogen) atoms. The minimum Gasteiger partial charge on any atom is -0.399 e. The first-order valence-corrected chi connectivity index (χ1v) is 7.42. The molecule has 0 atom stereocenters. The van der Waals surface area contributed by atoms with Crippen molar-refractivity contribution in [2.75, 3.05) is 39.1 Å². The van der Waals surface area contributed by atoms with E-state index < -0.39 is 32.1 Å². The van der Waals surface area contributed by atoms with Crippen LogP contribution >= 0.6 is 0 Å². The second kappa shape index (κ2) is 7.31. The minimum absolute atomic E-state index is 0.0269. The van der Waals surface area contributed by atoms with Crippen LogP contribution in [-0.4, -0.2) is 56.2 Å². The number of hydrogen-bond donors (Lipinski definition) is 2. The van der Waals surface area contributed by atoms with Gasteiger partial charge in [0.1, 0.15) is 0 Å². The average molecular weight is 319 g/mol. The third-order valence-electron chi connectivity index (χ3n) is 2.69. The van der Waals surface area contributed by atoms with E-state index in [9.17, 15) is 18.5 Å². The molecule has 0 saturated heterocycles. The molecule has 0 amide bonds. The van der Waals surface area contributed by atoms with Gasteiger partial charge in [0.2, 0.25) is 10.0 Å². The first-order chi connectivity index (χ1) is 9.84. The summed E-state index contributed by atoms with van der Waals surface area (Å²) in [7, 11) is -2.73. The standard InChI is InChI=1S/C11H17N3O6S/c1-20-7-5-13(4-6-15)21(18,19)11-3-2-9(12)8-10(11)14(16)17/h2-3,8,15H,4-7,12H2,1H3. The molecule has 0 fully saturated rings. The van der Waals surface area contributed by atoms with E-state index in [2.05, 4.69) is 0 Å². The van der Waals surface area contributed by atoms with Gasteiger partial charge in [-0.3, -0.25) is 10.1 Å². The monoisotopic (exact) mass is 319 g/mol. The summed E-state index contributed by atoms with van der Waals surface area (Å²) in [6.07, 6.45) is 0. The molecule has 1 aromatic rings. The van der Waals surface area contributed by atoms with Crippen LogP contribution in [0.25, 0.3) is 0 Å². The van der Waals surface area contributed by atoms with Gasteiger partial charge in [0.25, 0.3) is 5.69 Å². The number of nitro benzene ring substituents is 1. The zero-order valence-corrected chi connectivity index (χ0v) is 12.2. The highest BCUT2D eigenvalue weighted by molar-refractivity contribution is 7.89. The van der Waals surface area contributed by atoms with E-state index in [1.54, 1.807) is 0 Å². The van der Waals surface area contributed by atoms with E-state index in [-0.39, 0.29) is 25.4 Å². The third-order valence-corrected chi connectivity index (χ3v) is 4.64. The molecule has 0 heterocycles. The quantitative estimate of drug-likeness (QED) is 0.385. The number of rotatable bonds is 8. The van der Waals surface area contributed by atoms with Gasteiger partial charge in [0.15, 0.2) is 4.90 Å². The van der Waals surface area contributed by atoms with Gasteiger partial charge in [-0.05, 0) is 12.1 Å². The molecule has 0 spiro atoms. The van der Waals surface area contributed by atoms with E-state index >= 15 is 0 Å². The number of nitrogens with zero attached hydrogens (tertiary/aromatic N) is 2. The van der Waals surface area contributed by atoms with E-state index in [1.165, 1.54) is 13.2 Å². The van der Waals surface area contributed by atoms with Crippen molar-refractivity contribution in [2.45, 2.75) is 4.90 Å². The number of ether oxygens (including phenoxy) is 1. The molecular formula is C11H17N3O6S. The summed E-state index contributed by atoms with van der Waals surface area (Å²) in [5.74, 6) is 0. The number of benzene rings is 1. The highest BCUT2D eigenvalue weighted by Gasteiger charge is 2.31. The Hall–Kier alpha value is -1.75. The Labute approximate surface area is 122 Å². The number of hydrogen-bond acceptors (Lipinski definition) is 7. The Bertz CT molecular complexity index is 604. The van der Waals surface area contributed by atoms with Gasteiger partial charge in [0, 0.05) is 32.0 Å². The normalized spacial score (nSPS) is 11.8. The van der Waals surface area contributed by atoms with Gasteiger partial charge in [-0.2, -0.15) is 4.31 Å². The zero-order valence-electron chi connectivity index (χ0n) is 11.4. The number of nitrogen functional groups attached to an aromatic ring is 1. The van der Waals surface area contributed by atoms with E-state index in [1.807, 2.05) is 0 Å². The zero-order chi connectivity index (χ0) is 16.0. The Kier molecular flexibility index (Phi) is 6.03. The largest absolute Gasteiger partial charge is 0.399 e. The number of aliphatic hydroxyl groups excluding tert-OH is 1. The molecule has 0 bridgehead atoms. The van der Waals surface area contributed by atoms with Crippen molar-refractivity contribution >= 4 is 21.4 Å². The van der Waals surface area contributed by atoms with Crippen molar-refractivity contribution < 1.29 is 23.2 Å². The van der Waals surface area contributed by atoms with Crippen LogP contribution in [0.1, 0.15) is 0 Å². The molecule has 1 rings (SSSR count). The molecular weight excluding hydrogens is 302 g/mol. The number of anilines is 1. The fraction of sp³-hybridized carbons (Fsp3) is 0.455. The molecule has 9 nitrogen and oxygen atoms in total. The molecule has 0 saturated carbocycles. The van der Waals surface area contributed by atoms with Crippen LogP contribution in [0.4, 0.5) is 11.4 Å². The second-order valence-corrected chi connectivity index (χ2v) is 6.01. The lowest BCUT2D eigenvalue weighted by atomic mass is 10.3. The lowest BCUT2D eigenvalue weighted by Crippen LogP contribution is -2.36. The highest BCUT2D eigenvalue weighted by atomic mass is 32.2. The molecule has 0 aliphatic rings. The van der Waals surface area contributed by atoms with Crippen LogP contribution in [0.5, 0.6) is 0 Å². The number of methoxy groups -OCH3 is 1. The summed E-state index contributed by atoms with van der Waals surface area (Å²) >= 11 is 0. The van der Waals surface area contributed by atoms with Gasteiger partial charge < -0.3 is 15.6 Å². The predicted molar refractivity (Wildman–Crippen MR) is 75.2 cm³/mol. The lowest BCUT2D eigenvalue weighted by molar-refractivity contribution is -0.387. The molecule has 1 aromatic carbocycles. The summed E-state index contributed by atoms with van der Waals surface area (Å²) in [5, 5.41) is 20.0. The second-order valence-electron chi connectivity index (χ2n) is 4.10. The maximum absolute atomic E-state index is 12.5. The van der Waals surface area contributed by atoms with Crippen LogP contribution in [-0.2, 0) is 14.8 Å². The van der Waals surface area contributed by atoms with Crippen molar-refractivity contribution in [1.82, 2.24) is 4.31 Å². The Balaban J connectivity index is 3.30. The summed E-state index contributed by atoms with van der Waals surface area (Å²) < 4.78 is 30.7. The topological polar surface area (TPSA) is 136 Å². The van der Waals surface area contributed by atoms with Crippen molar-refractivity contribution in [3.8, 4) is 0 Å². The average Bonchev–Trinajstić information content (AvgIpc) is 2.42. The van der Waals surface area contributed by atoms with Crippen molar-refractivity contribution in [3.05, 3.63) is 28.3 Å². The fourth-order valence-corrected chi connectivity index (χ4v) is 3.24. The maximum atomic E-state index is 12.5. The van der Waals surface area contributed by atoms with Crippen molar-refractivity contribution in [2.24, 2.45) is 0 Å². The molecule has 10 heteroatoms. The van der Waals surface area contributed by atoms with Gasteiger partial charge in [-0.25, -0.2) is 8.42 Å². The summed E-state index contributed by atoms with van der Waals surface area (Å²) in [5.41, 5.74) is 4.94. The molecule has 118 valence electrons. The fourth-order valence-electron chi connectivity index (χ4n) is 1.69.